The number of para-hydroxylation sites is 1. The van der Waals surface area contributed by atoms with Gasteiger partial charge in [-0.15, -0.1) is 11.3 Å². The van der Waals surface area contributed by atoms with Crippen LogP contribution < -0.4 is 5.32 Å². The second kappa shape index (κ2) is 6.50. The molecule has 0 saturated heterocycles. The van der Waals surface area contributed by atoms with Gasteiger partial charge in [-0.05, 0) is 43.7 Å². The van der Waals surface area contributed by atoms with Gasteiger partial charge in [0.25, 0.3) is 0 Å². The first-order chi connectivity index (χ1) is 10.6. The number of nitrogens with zero attached hydrogens (tertiary/aromatic N) is 1. The number of thiazole rings is 1. The van der Waals surface area contributed by atoms with Crippen LogP contribution in [0.15, 0.2) is 52.9 Å². The zero-order chi connectivity index (χ0) is 15.5. The zero-order valence-electron chi connectivity index (χ0n) is 12.4. The van der Waals surface area contributed by atoms with Gasteiger partial charge in [0.1, 0.15) is 0 Å². The van der Waals surface area contributed by atoms with Crippen molar-refractivity contribution in [3.8, 4) is 0 Å². The summed E-state index contributed by atoms with van der Waals surface area (Å²) in [6.45, 7) is 3.91. The standard InChI is InChI=1S/C17H16N2OS2/c1-11-6-5-7-13(10-11)18-16(20)12(2)21-17-19-14-8-3-4-9-15(14)22-17/h3-10,12H,1-2H3,(H,18,20). The topological polar surface area (TPSA) is 42.0 Å². The Hall–Kier alpha value is -1.85. The van der Waals surface area contributed by atoms with Gasteiger partial charge < -0.3 is 5.32 Å². The van der Waals surface area contributed by atoms with E-state index < -0.39 is 0 Å². The van der Waals surface area contributed by atoms with Crippen molar-refractivity contribution in [2.24, 2.45) is 0 Å². The molecular formula is C17H16N2OS2. The highest BCUT2D eigenvalue weighted by molar-refractivity contribution is 8.02. The van der Waals surface area contributed by atoms with Crippen LogP contribution in [0.2, 0.25) is 0 Å². The van der Waals surface area contributed by atoms with Crippen LogP contribution in [0, 0.1) is 6.92 Å². The van der Waals surface area contributed by atoms with Gasteiger partial charge in [0.05, 0.1) is 15.5 Å². The lowest BCUT2D eigenvalue weighted by atomic mass is 10.2. The van der Waals surface area contributed by atoms with Crippen LogP contribution in [-0.4, -0.2) is 16.1 Å². The Balaban J connectivity index is 1.68. The SMILES string of the molecule is Cc1cccc(NC(=O)C(C)Sc2nc3ccccc3s2)c1. The van der Waals surface area contributed by atoms with E-state index in [4.69, 9.17) is 0 Å². The number of anilines is 1. The van der Waals surface area contributed by atoms with Crippen molar-refractivity contribution in [3.63, 3.8) is 0 Å². The quantitative estimate of drug-likeness (QED) is 0.704. The highest BCUT2D eigenvalue weighted by atomic mass is 32.2. The summed E-state index contributed by atoms with van der Waals surface area (Å²) in [6.07, 6.45) is 0. The highest BCUT2D eigenvalue weighted by Gasteiger charge is 2.17. The summed E-state index contributed by atoms with van der Waals surface area (Å²) >= 11 is 3.12. The Labute approximate surface area is 137 Å². The van der Waals surface area contributed by atoms with E-state index in [9.17, 15) is 4.79 Å². The van der Waals surface area contributed by atoms with Crippen molar-refractivity contribution >= 4 is 44.9 Å². The van der Waals surface area contributed by atoms with E-state index in [1.54, 1.807) is 11.3 Å². The van der Waals surface area contributed by atoms with Crippen LogP contribution in [-0.2, 0) is 4.79 Å². The third kappa shape index (κ3) is 3.48. The molecule has 2 aromatic carbocycles. The summed E-state index contributed by atoms with van der Waals surface area (Å²) in [4.78, 5) is 16.8. The largest absolute Gasteiger partial charge is 0.325 e. The molecule has 112 valence electrons. The van der Waals surface area contributed by atoms with E-state index in [-0.39, 0.29) is 11.2 Å². The molecule has 0 aliphatic rings. The molecule has 1 N–H and O–H groups in total. The molecule has 0 spiro atoms. The Bertz CT molecular complexity index is 780. The number of aromatic nitrogens is 1. The van der Waals surface area contributed by atoms with Crippen molar-refractivity contribution < 1.29 is 4.79 Å². The molecule has 3 nitrogen and oxygen atoms in total. The van der Waals surface area contributed by atoms with Gasteiger partial charge in [0.15, 0.2) is 4.34 Å². The summed E-state index contributed by atoms with van der Waals surface area (Å²) < 4.78 is 2.07. The van der Waals surface area contributed by atoms with Crippen LogP contribution in [0.1, 0.15) is 12.5 Å². The first-order valence-electron chi connectivity index (χ1n) is 7.01. The molecule has 0 bridgehead atoms. The Morgan fingerprint density at radius 3 is 2.82 bits per heavy atom. The number of fused-ring (bicyclic) bond motifs is 1. The number of hydrogen-bond donors (Lipinski definition) is 1. The molecule has 5 heteroatoms. The number of thioether (sulfide) groups is 1. The maximum absolute atomic E-state index is 12.3. The normalized spacial score (nSPS) is 12.3. The van der Waals surface area contributed by atoms with Crippen molar-refractivity contribution in [1.29, 1.82) is 0 Å². The molecule has 0 saturated carbocycles. The summed E-state index contributed by atoms with van der Waals surface area (Å²) in [6, 6.07) is 15.8. The summed E-state index contributed by atoms with van der Waals surface area (Å²) in [7, 11) is 0. The lowest BCUT2D eigenvalue weighted by molar-refractivity contribution is -0.115. The number of amides is 1. The monoisotopic (exact) mass is 328 g/mol. The number of benzene rings is 2. The second-order valence-corrected chi connectivity index (χ2v) is 7.68. The molecule has 3 rings (SSSR count). The number of rotatable bonds is 4. The average Bonchev–Trinajstić information content (AvgIpc) is 2.89. The Kier molecular flexibility index (Phi) is 4.45. The molecule has 1 heterocycles. The summed E-state index contributed by atoms with van der Waals surface area (Å²) in [5.74, 6) is -0.00476. The van der Waals surface area contributed by atoms with E-state index in [0.717, 1.165) is 25.8 Å². The molecular weight excluding hydrogens is 312 g/mol. The molecule has 0 fully saturated rings. The Morgan fingerprint density at radius 1 is 1.23 bits per heavy atom. The number of carbonyl (C=O) groups excluding carboxylic acids is 1. The highest BCUT2D eigenvalue weighted by Crippen LogP contribution is 2.32. The van der Waals surface area contributed by atoms with Gasteiger partial charge in [-0.3, -0.25) is 4.79 Å². The van der Waals surface area contributed by atoms with E-state index in [2.05, 4.69) is 16.4 Å². The Morgan fingerprint density at radius 2 is 2.05 bits per heavy atom. The smallest absolute Gasteiger partial charge is 0.237 e. The number of carbonyl (C=O) groups is 1. The molecule has 1 amide bonds. The first-order valence-corrected chi connectivity index (χ1v) is 8.71. The fraction of sp³-hybridized carbons (Fsp3) is 0.176. The minimum atomic E-state index is -0.193. The van der Waals surface area contributed by atoms with E-state index in [0.29, 0.717) is 0 Å². The van der Waals surface area contributed by atoms with Gasteiger partial charge in [0, 0.05) is 5.69 Å². The minimum absolute atomic E-state index is 0.00476. The van der Waals surface area contributed by atoms with Crippen molar-refractivity contribution in [3.05, 3.63) is 54.1 Å². The molecule has 1 aromatic heterocycles. The fourth-order valence-electron chi connectivity index (χ4n) is 2.07. The predicted molar refractivity (Wildman–Crippen MR) is 94.7 cm³/mol. The summed E-state index contributed by atoms with van der Waals surface area (Å²) in [5, 5.41) is 2.76. The molecule has 0 aliphatic heterocycles. The minimum Gasteiger partial charge on any atom is -0.325 e. The third-order valence-corrected chi connectivity index (χ3v) is 5.44. The van der Waals surface area contributed by atoms with Gasteiger partial charge in [-0.25, -0.2) is 4.98 Å². The van der Waals surface area contributed by atoms with Crippen LogP contribution in [0.25, 0.3) is 10.2 Å². The maximum atomic E-state index is 12.3. The van der Waals surface area contributed by atoms with Crippen LogP contribution >= 0.6 is 23.1 Å². The molecule has 1 atom stereocenters. The molecule has 0 aliphatic carbocycles. The third-order valence-electron chi connectivity index (χ3n) is 3.21. The van der Waals surface area contributed by atoms with Crippen molar-refractivity contribution in [2.45, 2.75) is 23.4 Å². The van der Waals surface area contributed by atoms with Gasteiger partial charge >= 0.3 is 0 Å². The predicted octanol–water partition coefficient (Wildman–Crippen LogP) is 4.72. The van der Waals surface area contributed by atoms with Crippen LogP contribution in [0.4, 0.5) is 5.69 Å². The van der Waals surface area contributed by atoms with E-state index in [1.165, 1.54) is 11.8 Å². The molecule has 22 heavy (non-hydrogen) atoms. The first kappa shape index (κ1) is 15.1. The molecule has 1 unspecified atom stereocenters. The van der Waals surface area contributed by atoms with Crippen molar-refractivity contribution in [1.82, 2.24) is 4.98 Å². The fourth-order valence-corrected chi connectivity index (χ4v) is 4.28. The van der Waals surface area contributed by atoms with E-state index in [1.807, 2.05) is 56.3 Å². The van der Waals surface area contributed by atoms with E-state index >= 15 is 0 Å². The molecule has 3 aromatic rings. The van der Waals surface area contributed by atoms with Crippen molar-refractivity contribution in [2.75, 3.05) is 5.32 Å². The number of hydrogen-bond acceptors (Lipinski definition) is 4. The maximum Gasteiger partial charge on any atom is 0.237 e. The second-order valence-electron chi connectivity index (χ2n) is 5.07. The lowest BCUT2D eigenvalue weighted by Crippen LogP contribution is -2.22. The lowest BCUT2D eigenvalue weighted by Gasteiger charge is -2.10. The number of aryl methyl sites for hydroxylation is 1. The van der Waals surface area contributed by atoms with Crippen LogP contribution in [0.3, 0.4) is 0 Å². The summed E-state index contributed by atoms with van der Waals surface area (Å²) in [5.41, 5.74) is 2.95. The average molecular weight is 328 g/mol. The van der Waals surface area contributed by atoms with Crippen LogP contribution in [0.5, 0.6) is 0 Å². The van der Waals surface area contributed by atoms with Gasteiger partial charge in [-0.2, -0.15) is 0 Å². The van der Waals surface area contributed by atoms with Gasteiger partial charge in [-0.1, -0.05) is 36.0 Å². The molecule has 0 radical (unpaired) electrons. The zero-order valence-corrected chi connectivity index (χ0v) is 14.0. The van der Waals surface area contributed by atoms with Gasteiger partial charge in [0.2, 0.25) is 5.91 Å². The number of nitrogens with one attached hydrogen (secondary N) is 1.